The van der Waals surface area contributed by atoms with Crippen molar-refractivity contribution >= 4 is 17.2 Å². The molecule has 0 fully saturated rings. The van der Waals surface area contributed by atoms with Gasteiger partial charge in [-0.1, -0.05) is 0 Å². The van der Waals surface area contributed by atoms with Crippen molar-refractivity contribution in [1.82, 2.24) is 19.7 Å². The first-order chi connectivity index (χ1) is 11.1. The molecule has 1 aliphatic rings. The minimum atomic E-state index is 0.0103. The molecule has 0 aliphatic heterocycles. The molecule has 1 aliphatic carbocycles. The van der Waals surface area contributed by atoms with Gasteiger partial charge in [-0.05, 0) is 32.3 Å². The molecule has 1 atom stereocenters. The van der Waals surface area contributed by atoms with E-state index in [-0.39, 0.29) is 18.6 Å². The summed E-state index contributed by atoms with van der Waals surface area (Å²) in [4.78, 5) is 20.1. The Morgan fingerprint density at radius 3 is 3.13 bits per heavy atom. The van der Waals surface area contributed by atoms with Crippen molar-refractivity contribution in [3.8, 4) is 0 Å². The summed E-state index contributed by atoms with van der Waals surface area (Å²) in [6, 6.07) is 2.03. The summed E-state index contributed by atoms with van der Waals surface area (Å²) in [6.45, 7) is 2.51. The Kier molecular flexibility index (Phi) is 4.77. The number of aromatic nitrogens is 3. The van der Waals surface area contributed by atoms with E-state index in [0.29, 0.717) is 6.61 Å². The Hall–Kier alpha value is -1.73. The van der Waals surface area contributed by atoms with Gasteiger partial charge in [-0.25, -0.2) is 4.98 Å². The maximum atomic E-state index is 12.4. The van der Waals surface area contributed by atoms with Gasteiger partial charge < -0.3 is 9.64 Å². The highest BCUT2D eigenvalue weighted by molar-refractivity contribution is 7.11. The van der Waals surface area contributed by atoms with E-state index >= 15 is 0 Å². The number of hydrogen-bond acceptors (Lipinski definition) is 5. The maximum absolute atomic E-state index is 12.4. The largest absolute Gasteiger partial charge is 0.365 e. The molecular weight excluding hydrogens is 312 g/mol. The van der Waals surface area contributed by atoms with Gasteiger partial charge in [-0.3, -0.25) is 9.48 Å². The predicted octanol–water partition coefficient (Wildman–Crippen LogP) is 2.24. The van der Waals surface area contributed by atoms with Gasteiger partial charge in [0.05, 0.1) is 33.9 Å². The molecule has 23 heavy (non-hydrogen) atoms. The zero-order chi connectivity index (χ0) is 16.4. The van der Waals surface area contributed by atoms with Crippen molar-refractivity contribution in [2.45, 2.75) is 38.8 Å². The van der Waals surface area contributed by atoms with Crippen LogP contribution < -0.4 is 0 Å². The first-order valence-corrected chi connectivity index (χ1v) is 8.64. The van der Waals surface area contributed by atoms with Crippen molar-refractivity contribution in [2.24, 2.45) is 7.05 Å². The lowest BCUT2D eigenvalue weighted by Gasteiger charge is -2.30. The summed E-state index contributed by atoms with van der Waals surface area (Å²) in [7, 11) is 3.73. The summed E-state index contributed by atoms with van der Waals surface area (Å²) >= 11 is 1.71. The van der Waals surface area contributed by atoms with E-state index in [1.807, 2.05) is 32.0 Å². The molecule has 0 saturated heterocycles. The fourth-order valence-corrected chi connectivity index (χ4v) is 4.10. The highest BCUT2D eigenvalue weighted by Crippen LogP contribution is 2.37. The Labute approximate surface area is 140 Å². The SMILES string of the molecule is Cc1nc2c(s1)C(N(C)C(=O)COCc1ccnn1C)CCC2. The monoisotopic (exact) mass is 334 g/mol. The molecule has 0 spiro atoms. The lowest BCUT2D eigenvalue weighted by atomic mass is 9.97. The van der Waals surface area contributed by atoms with Crippen LogP contribution in [0.1, 0.15) is 40.2 Å². The van der Waals surface area contributed by atoms with Gasteiger partial charge >= 0.3 is 0 Å². The van der Waals surface area contributed by atoms with Crippen LogP contribution in [0.3, 0.4) is 0 Å². The predicted molar refractivity (Wildman–Crippen MR) is 88.2 cm³/mol. The molecule has 124 valence electrons. The number of thiazole rings is 1. The second-order valence-corrected chi connectivity index (χ2v) is 7.13. The molecule has 0 saturated carbocycles. The molecule has 2 aromatic heterocycles. The van der Waals surface area contributed by atoms with Crippen molar-refractivity contribution < 1.29 is 9.53 Å². The maximum Gasteiger partial charge on any atom is 0.248 e. The van der Waals surface area contributed by atoms with Gasteiger partial charge in [-0.15, -0.1) is 11.3 Å². The van der Waals surface area contributed by atoms with Crippen LogP contribution in [-0.4, -0.2) is 39.2 Å². The summed E-state index contributed by atoms with van der Waals surface area (Å²) in [5, 5.41) is 5.16. The van der Waals surface area contributed by atoms with Crippen molar-refractivity contribution in [2.75, 3.05) is 13.7 Å². The number of amides is 1. The minimum absolute atomic E-state index is 0.0103. The van der Waals surface area contributed by atoms with Gasteiger partial charge in [0.25, 0.3) is 0 Å². The number of carbonyl (C=O) groups excluding carboxylic acids is 1. The van der Waals surface area contributed by atoms with E-state index in [9.17, 15) is 4.79 Å². The molecule has 6 nitrogen and oxygen atoms in total. The van der Waals surface area contributed by atoms with Crippen LogP contribution in [0.5, 0.6) is 0 Å². The van der Waals surface area contributed by atoms with E-state index in [1.54, 1.807) is 22.2 Å². The Bertz CT molecular complexity index is 694. The number of carbonyl (C=O) groups is 1. The van der Waals surface area contributed by atoms with E-state index < -0.39 is 0 Å². The highest BCUT2D eigenvalue weighted by atomic mass is 32.1. The third-order valence-electron chi connectivity index (χ3n) is 4.29. The Morgan fingerprint density at radius 2 is 2.39 bits per heavy atom. The number of likely N-dealkylation sites (N-methyl/N-ethyl adjacent to an activating group) is 1. The summed E-state index contributed by atoms with van der Waals surface area (Å²) < 4.78 is 7.31. The Balaban J connectivity index is 1.58. The molecule has 0 bridgehead atoms. The van der Waals surface area contributed by atoms with E-state index in [2.05, 4.69) is 10.1 Å². The molecule has 1 amide bonds. The van der Waals surface area contributed by atoms with Gasteiger partial charge in [0, 0.05) is 20.3 Å². The number of rotatable bonds is 5. The van der Waals surface area contributed by atoms with Gasteiger partial charge in [0.2, 0.25) is 5.91 Å². The number of fused-ring (bicyclic) bond motifs is 1. The minimum Gasteiger partial charge on any atom is -0.365 e. The molecular formula is C16H22N4O2S. The van der Waals surface area contributed by atoms with Crippen LogP contribution in [0.15, 0.2) is 12.3 Å². The van der Waals surface area contributed by atoms with Crippen LogP contribution in [0.4, 0.5) is 0 Å². The molecule has 0 N–H and O–H groups in total. The van der Waals surface area contributed by atoms with Crippen LogP contribution in [-0.2, 0) is 29.6 Å². The van der Waals surface area contributed by atoms with Crippen molar-refractivity contribution in [3.63, 3.8) is 0 Å². The first-order valence-electron chi connectivity index (χ1n) is 7.82. The van der Waals surface area contributed by atoms with Crippen LogP contribution in [0.2, 0.25) is 0 Å². The number of aryl methyl sites for hydroxylation is 3. The zero-order valence-corrected chi connectivity index (χ0v) is 14.6. The lowest BCUT2D eigenvalue weighted by Crippen LogP contribution is -2.35. The standard InChI is InChI=1S/C16H22N4O2S/c1-11-18-13-5-4-6-14(16(13)23-11)19(2)15(21)10-22-9-12-7-8-17-20(12)3/h7-8,14H,4-6,9-10H2,1-3H3. The molecule has 1 unspecified atom stereocenters. The quantitative estimate of drug-likeness (QED) is 0.841. The third kappa shape index (κ3) is 3.45. The molecule has 2 heterocycles. The van der Waals surface area contributed by atoms with E-state index in [0.717, 1.165) is 30.0 Å². The highest BCUT2D eigenvalue weighted by Gasteiger charge is 2.29. The topological polar surface area (TPSA) is 60.3 Å². The average molecular weight is 334 g/mol. The van der Waals surface area contributed by atoms with Crippen LogP contribution >= 0.6 is 11.3 Å². The van der Waals surface area contributed by atoms with Crippen LogP contribution in [0, 0.1) is 6.92 Å². The van der Waals surface area contributed by atoms with Gasteiger partial charge in [0.1, 0.15) is 6.61 Å². The molecule has 3 rings (SSSR count). The fourth-order valence-electron chi connectivity index (χ4n) is 2.95. The van der Waals surface area contributed by atoms with Crippen molar-refractivity contribution in [1.29, 1.82) is 0 Å². The smallest absolute Gasteiger partial charge is 0.248 e. The zero-order valence-electron chi connectivity index (χ0n) is 13.8. The number of hydrogen-bond donors (Lipinski definition) is 0. The first kappa shape index (κ1) is 16.1. The van der Waals surface area contributed by atoms with Gasteiger partial charge in [0.15, 0.2) is 0 Å². The molecule has 7 heteroatoms. The number of ether oxygens (including phenoxy) is 1. The third-order valence-corrected chi connectivity index (χ3v) is 5.40. The summed E-state index contributed by atoms with van der Waals surface area (Å²) in [5.74, 6) is 0.0103. The fraction of sp³-hybridized carbons (Fsp3) is 0.562. The average Bonchev–Trinajstić information content (AvgIpc) is 3.10. The Morgan fingerprint density at radius 1 is 1.57 bits per heavy atom. The van der Waals surface area contributed by atoms with Crippen molar-refractivity contribution in [3.05, 3.63) is 33.5 Å². The van der Waals surface area contributed by atoms with Gasteiger partial charge in [-0.2, -0.15) is 5.10 Å². The normalized spacial score (nSPS) is 17.1. The second kappa shape index (κ2) is 6.80. The number of nitrogens with zero attached hydrogens (tertiary/aromatic N) is 4. The molecule has 0 radical (unpaired) electrons. The summed E-state index contributed by atoms with van der Waals surface area (Å²) in [6.07, 6.45) is 4.82. The van der Waals surface area contributed by atoms with E-state index in [1.165, 1.54) is 10.6 Å². The lowest BCUT2D eigenvalue weighted by molar-refractivity contribution is -0.137. The van der Waals surface area contributed by atoms with E-state index in [4.69, 9.17) is 4.74 Å². The molecule has 2 aromatic rings. The molecule has 0 aromatic carbocycles. The second-order valence-electron chi connectivity index (χ2n) is 5.90. The van der Waals surface area contributed by atoms with Crippen LogP contribution in [0.25, 0.3) is 0 Å². The summed E-state index contributed by atoms with van der Waals surface area (Å²) in [5.41, 5.74) is 2.12.